The van der Waals surface area contributed by atoms with E-state index in [1.165, 1.54) is 45.9 Å². The zero-order valence-corrected chi connectivity index (χ0v) is 15.8. The third-order valence-electron chi connectivity index (χ3n) is 5.22. The maximum Gasteiger partial charge on any atom is 0.318 e. The van der Waals surface area contributed by atoms with Gasteiger partial charge >= 0.3 is 6.03 Å². The van der Waals surface area contributed by atoms with Crippen LogP contribution in [0.15, 0.2) is 29.6 Å². The van der Waals surface area contributed by atoms with Crippen LogP contribution in [0.4, 0.5) is 9.18 Å². The predicted molar refractivity (Wildman–Crippen MR) is 102 cm³/mol. The number of fused-ring (bicyclic) bond motifs is 1. The number of carbonyl (C=O) groups is 2. The number of aryl methyl sites for hydroxylation is 1. The highest BCUT2D eigenvalue weighted by Gasteiger charge is 2.34. The van der Waals surface area contributed by atoms with Crippen molar-refractivity contribution in [1.29, 1.82) is 0 Å². The molecule has 2 N–H and O–H groups in total. The molecule has 0 radical (unpaired) electrons. The SMILES string of the molecule is O=C1NCCN(C(=O)NCc2csc3c2CCCC3)C1c1cccc(F)c1. The summed E-state index contributed by atoms with van der Waals surface area (Å²) >= 11 is 1.77. The van der Waals surface area contributed by atoms with E-state index in [2.05, 4.69) is 16.0 Å². The lowest BCUT2D eigenvalue weighted by atomic mass is 9.96. The molecule has 1 atom stereocenters. The molecule has 1 fully saturated rings. The minimum atomic E-state index is -0.814. The fourth-order valence-electron chi connectivity index (χ4n) is 3.88. The van der Waals surface area contributed by atoms with Crippen LogP contribution in [0, 0.1) is 5.82 Å². The van der Waals surface area contributed by atoms with Crippen LogP contribution in [-0.2, 0) is 24.2 Å². The molecule has 2 aromatic rings. The molecule has 1 aliphatic heterocycles. The summed E-state index contributed by atoms with van der Waals surface area (Å²) in [7, 11) is 0. The van der Waals surface area contributed by atoms with Gasteiger partial charge in [-0.05, 0) is 59.9 Å². The normalized spacial score (nSPS) is 19.4. The van der Waals surface area contributed by atoms with E-state index in [0.29, 0.717) is 25.2 Å². The molecule has 7 heteroatoms. The quantitative estimate of drug-likeness (QED) is 0.850. The third kappa shape index (κ3) is 3.69. The number of amides is 3. The van der Waals surface area contributed by atoms with E-state index >= 15 is 0 Å². The molecular weight excluding hydrogens is 365 g/mol. The zero-order valence-electron chi connectivity index (χ0n) is 15.0. The third-order valence-corrected chi connectivity index (χ3v) is 6.35. The monoisotopic (exact) mass is 387 g/mol. The molecule has 27 heavy (non-hydrogen) atoms. The first kappa shape index (κ1) is 18.0. The van der Waals surface area contributed by atoms with Crippen LogP contribution in [0.5, 0.6) is 0 Å². The first-order valence-corrected chi connectivity index (χ1v) is 10.2. The van der Waals surface area contributed by atoms with E-state index in [4.69, 9.17) is 0 Å². The number of urea groups is 1. The highest BCUT2D eigenvalue weighted by Crippen LogP contribution is 2.30. The number of nitrogens with zero attached hydrogens (tertiary/aromatic N) is 1. The highest BCUT2D eigenvalue weighted by atomic mass is 32.1. The lowest BCUT2D eigenvalue weighted by Crippen LogP contribution is -2.54. The summed E-state index contributed by atoms with van der Waals surface area (Å²) in [4.78, 5) is 28.1. The molecule has 3 amide bonds. The number of nitrogens with one attached hydrogen (secondary N) is 2. The van der Waals surface area contributed by atoms with E-state index in [0.717, 1.165) is 12.8 Å². The Morgan fingerprint density at radius 3 is 3.04 bits per heavy atom. The smallest absolute Gasteiger partial charge is 0.318 e. The molecule has 2 aliphatic rings. The van der Waals surface area contributed by atoms with Crippen molar-refractivity contribution in [2.45, 2.75) is 38.3 Å². The summed E-state index contributed by atoms with van der Waals surface area (Å²) in [5.41, 5.74) is 3.03. The van der Waals surface area contributed by atoms with Gasteiger partial charge in [-0.15, -0.1) is 11.3 Å². The van der Waals surface area contributed by atoms with Gasteiger partial charge in [-0.1, -0.05) is 12.1 Å². The number of thiophene rings is 1. The van der Waals surface area contributed by atoms with Crippen molar-refractivity contribution >= 4 is 23.3 Å². The predicted octanol–water partition coefficient (Wildman–Crippen LogP) is 3.15. The molecule has 0 bridgehead atoms. The van der Waals surface area contributed by atoms with Gasteiger partial charge < -0.3 is 15.5 Å². The largest absolute Gasteiger partial charge is 0.352 e. The lowest BCUT2D eigenvalue weighted by molar-refractivity contribution is -0.127. The summed E-state index contributed by atoms with van der Waals surface area (Å²) in [5, 5.41) is 7.85. The Hall–Kier alpha value is -2.41. The number of piperazine rings is 1. The molecule has 5 nitrogen and oxygen atoms in total. The van der Waals surface area contributed by atoms with Crippen molar-refractivity contribution in [2.75, 3.05) is 13.1 Å². The fraction of sp³-hybridized carbons (Fsp3) is 0.400. The molecular formula is C20H22FN3O2S. The number of carbonyl (C=O) groups excluding carboxylic acids is 2. The number of hydrogen-bond donors (Lipinski definition) is 2. The van der Waals surface area contributed by atoms with Crippen molar-refractivity contribution < 1.29 is 14.0 Å². The summed E-state index contributed by atoms with van der Waals surface area (Å²) in [5.74, 6) is -0.703. The first-order valence-electron chi connectivity index (χ1n) is 9.29. The highest BCUT2D eigenvalue weighted by molar-refractivity contribution is 7.10. The maximum absolute atomic E-state index is 13.6. The van der Waals surface area contributed by atoms with Gasteiger partial charge in [0.25, 0.3) is 0 Å². The van der Waals surface area contributed by atoms with Gasteiger partial charge in [0.1, 0.15) is 11.9 Å². The first-order chi connectivity index (χ1) is 13.1. The van der Waals surface area contributed by atoms with Crippen molar-refractivity contribution in [2.24, 2.45) is 0 Å². The lowest BCUT2D eigenvalue weighted by Gasteiger charge is -2.35. The van der Waals surface area contributed by atoms with Gasteiger partial charge in [0.2, 0.25) is 5.91 Å². The van der Waals surface area contributed by atoms with Crippen LogP contribution in [0.25, 0.3) is 0 Å². The molecule has 4 rings (SSSR count). The Morgan fingerprint density at radius 2 is 2.19 bits per heavy atom. The van der Waals surface area contributed by atoms with Crippen LogP contribution in [0.3, 0.4) is 0 Å². The molecule has 142 valence electrons. The van der Waals surface area contributed by atoms with Gasteiger partial charge in [0.15, 0.2) is 0 Å². The molecule has 0 spiro atoms. The average Bonchev–Trinajstić information content (AvgIpc) is 3.09. The number of halogens is 1. The van der Waals surface area contributed by atoms with Crippen molar-refractivity contribution in [3.05, 3.63) is 57.0 Å². The van der Waals surface area contributed by atoms with E-state index < -0.39 is 11.9 Å². The van der Waals surface area contributed by atoms with Crippen molar-refractivity contribution in [3.8, 4) is 0 Å². The minimum Gasteiger partial charge on any atom is -0.352 e. The Morgan fingerprint density at radius 1 is 1.33 bits per heavy atom. The van der Waals surface area contributed by atoms with E-state index in [-0.39, 0.29) is 11.9 Å². The van der Waals surface area contributed by atoms with Crippen LogP contribution >= 0.6 is 11.3 Å². The number of benzene rings is 1. The summed E-state index contributed by atoms with van der Waals surface area (Å²) in [6.07, 6.45) is 4.63. The summed E-state index contributed by atoms with van der Waals surface area (Å²) < 4.78 is 13.6. The Bertz CT molecular complexity index is 867. The average molecular weight is 387 g/mol. The fourth-order valence-corrected chi connectivity index (χ4v) is 5.02. The van der Waals surface area contributed by atoms with Gasteiger partial charge in [-0.2, -0.15) is 0 Å². The second kappa shape index (κ2) is 7.68. The summed E-state index contributed by atoms with van der Waals surface area (Å²) in [6, 6.07) is 4.76. The second-order valence-corrected chi connectivity index (χ2v) is 7.93. The molecule has 0 saturated carbocycles. The Labute approximate surface area is 161 Å². The minimum absolute atomic E-state index is 0.282. The summed E-state index contributed by atoms with van der Waals surface area (Å²) in [6.45, 7) is 1.24. The Kier molecular flexibility index (Phi) is 5.11. The number of rotatable bonds is 3. The van der Waals surface area contributed by atoms with Gasteiger partial charge in [-0.25, -0.2) is 9.18 Å². The molecule has 1 aliphatic carbocycles. The molecule has 2 heterocycles. The zero-order chi connectivity index (χ0) is 18.8. The molecule has 1 saturated heterocycles. The van der Waals surface area contributed by atoms with Gasteiger partial charge in [0, 0.05) is 24.5 Å². The van der Waals surface area contributed by atoms with Gasteiger partial charge in [-0.3, -0.25) is 4.79 Å². The van der Waals surface area contributed by atoms with Crippen molar-refractivity contribution in [3.63, 3.8) is 0 Å². The molecule has 1 aromatic heterocycles. The standard InChI is InChI=1S/C20H22FN3O2S/c21-15-5-3-4-13(10-15)18-19(25)22-8-9-24(18)20(26)23-11-14-12-27-17-7-2-1-6-16(14)17/h3-5,10,12,18H,1-2,6-9,11H2,(H,22,25)(H,23,26). The second-order valence-electron chi connectivity index (χ2n) is 6.97. The van der Waals surface area contributed by atoms with E-state index in [1.54, 1.807) is 23.5 Å². The van der Waals surface area contributed by atoms with Gasteiger partial charge in [0.05, 0.1) is 0 Å². The van der Waals surface area contributed by atoms with Crippen LogP contribution in [0.1, 0.15) is 40.5 Å². The topological polar surface area (TPSA) is 61.4 Å². The maximum atomic E-state index is 13.6. The van der Waals surface area contributed by atoms with Crippen LogP contribution in [0.2, 0.25) is 0 Å². The van der Waals surface area contributed by atoms with Crippen molar-refractivity contribution in [1.82, 2.24) is 15.5 Å². The number of hydrogen-bond acceptors (Lipinski definition) is 3. The van der Waals surface area contributed by atoms with Crippen LogP contribution < -0.4 is 10.6 Å². The molecule has 1 unspecified atom stereocenters. The van der Waals surface area contributed by atoms with E-state index in [1.807, 2.05) is 0 Å². The van der Waals surface area contributed by atoms with E-state index in [9.17, 15) is 14.0 Å². The van der Waals surface area contributed by atoms with Crippen LogP contribution in [-0.4, -0.2) is 29.9 Å². The molecule has 1 aromatic carbocycles. The Balaban J connectivity index is 1.49.